The van der Waals surface area contributed by atoms with Crippen LogP contribution >= 0.6 is 0 Å². The first-order valence-corrected chi connectivity index (χ1v) is 7.42. The van der Waals surface area contributed by atoms with E-state index in [9.17, 15) is 20.1 Å². The van der Waals surface area contributed by atoms with Crippen molar-refractivity contribution in [2.24, 2.45) is 0 Å². The van der Waals surface area contributed by atoms with Crippen LogP contribution in [-0.4, -0.2) is 27.5 Å². The van der Waals surface area contributed by atoms with E-state index in [4.69, 9.17) is 9.15 Å². The summed E-state index contributed by atoms with van der Waals surface area (Å²) in [4.78, 5) is 11.9. The van der Waals surface area contributed by atoms with Crippen LogP contribution in [0.2, 0.25) is 0 Å². The molecule has 1 aliphatic heterocycles. The number of aliphatic hydroxyl groups is 1. The van der Waals surface area contributed by atoms with Crippen LogP contribution in [0.5, 0.6) is 11.5 Å². The lowest BCUT2D eigenvalue weighted by Crippen LogP contribution is -2.02. The van der Waals surface area contributed by atoms with Crippen LogP contribution in [0.15, 0.2) is 51.1 Å². The number of ether oxygens (including phenoxy) is 1. The van der Waals surface area contributed by atoms with Crippen LogP contribution in [0.25, 0.3) is 16.8 Å². The molecule has 2 atom stereocenters. The zero-order valence-corrected chi connectivity index (χ0v) is 12.9. The Balaban J connectivity index is 1.81. The lowest BCUT2D eigenvalue weighted by molar-refractivity contribution is 0.170. The maximum Gasteiger partial charge on any atom is 0.347 e. The van der Waals surface area contributed by atoms with Crippen molar-refractivity contribution in [3.05, 3.63) is 58.0 Å². The van der Waals surface area contributed by atoms with Crippen LogP contribution in [-0.2, 0) is 4.74 Å². The highest BCUT2D eigenvalue weighted by atomic mass is 16.6. The van der Waals surface area contributed by atoms with Gasteiger partial charge in [-0.15, -0.1) is 0 Å². The smallest absolute Gasteiger partial charge is 0.347 e. The number of aromatic hydroxyl groups is 2. The highest BCUT2D eigenvalue weighted by molar-refractivity contribution is 5.89. The van der Waals surface area contributed by atoms with Crippen molar-refractivity contribution in [2.75, 3.05) is 0 Å². The van der Waals surface area contributed by atoms with E-state index in [2.05, 4.69) is 5.73 Å². The zero-order chi connectivity index (χ0) is 17.3. The molecule has 1 aromatic heterocycles. The summed E-state index contributed by atoms with van der Waals surface area (Å²) in [6.07, 6.45) is 4.82. The van der Waals surface area contributed by atoms with E-state index < -0.39 is 11.7 Å². The van der Waals surface area contributed by atoms with Crippen molar-refractivity contribution in [1.82, 2.24) is 0 Å². The van der Waals surface area contributed by atoms with Gasteiger partial charge >= 0.3 is 5.63 Å². The minimum Gasteiger partial charge on any atom is -0.508 e. The molecule has 3 rings (SSSR count). The normalized spacial score (nSPS) is 17.6. The molecule has 2 heterocycles. The second-order valence-corrected chi connectivity index (χ2v) is 5.59. The summed E-state index contributed by atoms with van der Waals surface area (Å²) in [5.74, 6) is 0.488. The number of phenolic OH excluding ortho intramolecular Hbond substituents is 2. The van der Waals surface area contributed by atoms with Crippen molar-refractivity contribution < 1.29 is 24.5 Å². The third kappa shape index (κ3) is 3.51. The van der Waals surface area contributed by atoms with Gasteiger partial charge in [0.15, 0.2) is 11.9 Å². The van der Waals surface area contributed by atoms with Crippen LogP contribution in [0.3, 0.4) is 0 Å². The monoisotopic (exact) mass is 328 g/mol. The number of fused-ring (bicyclic) bond motifs is 1. The van der Waals surface area contributed by atoms with Crippen LogP contribution in [0.4, 0.5) is 0 Å². The lowest BCUT2D eigenvalue weighted by atomic mass is 10.1. The molecule has 0 amide bonds. The number of allylic oxidation sites excluding steroid dienone is 1. The molecule has 2 aromatic rings. The van der Waals surface area contributed by atoms with E-state index in [0.717, 1.165) is 6.07 Å². The molecule has 124 valence electrons. The molecule has 1 aliphatic rings. The van der Waals surface area contributed by atoms with Gasteiger partial charge in [-0.1, -0.05) is 11.8 Å². The minimum atomic E-state index is -0.686. The van der Waals surface area contributed by atoms with Gasteiger partial charge < -0.3 is 24.5 Å². The fraction of sp³-hybridized carbons (Fsp3) is 0.222. The Kier molecular flexibility index (Phi) is 4.16. The molecule has 2 unspecified atom stereocenters. The first-order chi connectivity index (χ1) is 11.4. The van der Waals surface area contributed by atoms with E-state index in [1.807, 2.05) is 0 Å². The fourth-order valence-corrected chi connectivity index (χ4v) is 2.38. The second-order valence-electron chi connectivity index (χ2n) is 5.59. The molecule has 0 spiro atoms. The predicted octanol–water partition coefficient (Wildman–Crippen LogP) is 2.43. The Labute approximate surface area is 137 Å². The summed E-state index contributed by atoms with van der Waals surface area (Å²) in [5, 5.41) is 28.8. The van der Waals surface area contributed by atoms with E-state index in [-0.39, 0.29) is 28.7 Å². The molecule has 0 saturated carbocycles. The maximum absolute atomic E-state index is 11.9. The standard InChI is InChI=1S/C18H16O6/c1-10(19)6-16-15(24-16)5-3-2-4-13-8-11-7-12(20)9-14(21)17(11)18(22)23-13/h2-4,7-10,16,19-21H,6H2,1H3/b4-2+. The molecule has 0 aliphatic carbocycles. The number of rotatable bonds is 4. The second kappa shape index (κ2) is 6.28. The van der Waals surface area contributed by atoms with Gasteiger partial charge in [-0.25, -0.2) is 4.79 Å². The quantitative estimate of drug-likeness (QED) is 0.452. The largest absolute Gasteiger partial charge is 0.508 e. The molecular formula is C18H16O6. The highest BCUT2D eigenvalue weighted by Gasteiger charge is 2.33. The van der Waals surface area contributed by atoms with Crippen molar-refractivity contribution in [3.63, 3.8) is 0 Å². The van der Waals surface area contributed by atoms with Crippen LogP contribution < -0.4 is 5.63 Å². The molecule has 0 radical (unpaired) electrons. The van der Waals surface area contributed by atoms with Crippen molar-refractivity contribution in [1.29, 1.82) is 0 Å². The summed E-state index contributed by atoms with van der Waals surface area (Å²) < 4.78 is 10.3. The summed E-state index contributed by atoms with van der Waals surface area (Å²) in [5.41, 5.74) is 2.24. The molecule has 24 heavy (non-hydrogen) atoms. The minimum absolute atomic E-state index is 0.0231. The molecular weight excluding hydrogens is 312 g/mol. The van der Waals surface area contributed by atoms with E-state index >= 15 is 0 Å². The molecule has 6 nitrogen and oxygen atoms in total. The molecule has 6 heteroatoms. The van der Waals surface area contributed by atoms with Gasteiger partial charge in [0.05, 0.1) is 6.10 Å². The van der Waals surface area contributed by atoms with Crippen molar-refractivity contribution in [3.8, 4) is 11.5 Å². The fourth-order valence-electron chi connectivity index (χ4n) is 2.38. The predicted molar refractivity (Wildman–Crippen MR) is 87.6 cm³/mol. The number of phenols is 2. The van der Waals surface area contributed by atoms with Gasteiger partial charge in [-0.3, -0.25) is 0 Å². The number of epoxide rings is 1. The first kappa shape index (κ1) is 15.9. The Morgan fingerprint density at radius 1 is 1.33 bits per heavy atom. The summed E-state index contributed by atoms with van der Waals surface area (Å²) in [6, 6.07) is 4.00. The SMILES string of the molecule is CC(O)CC1OC1=C=C/C=C/c1cc2cc(O)cc(O)c2c(=O)o1. The Hall–Kier alpha value is -2.95. The number of hydrogen-bond donors (Lipinski definition) is 3. The summed E-state index contributed by atoms with van der Waals surface area (Å²) in [7, 11) is 0. The summed E-state index contributed by atoms with van der Waals surface area (Å²) >= 11 is 0. The lowest BCUT2D eigenvalue weighted by Gasteiger charge is -2.01. The van der Waals surface area contributed by atoms with Gasteiger partial charge in [0.1, 0.15) is 22.6 Å². The van der Waals surface area contributed by atoms with E-state index in [1.165, 1.54) is 12.1 Å². The Bertz CT molecular complexity index is 928. The van der Waals surface area contributed by atoms with E-state index in [0.29, 0.717) is 17.6 Å². The Morgan fingerprint density at radius 3 is 2.88 bits per heavy atom. The third-order valence-electron chi connectivity index (χ3n) is 3.49. The van der Waals surface area contributed by atoms with Crippen LogP contribution in [0.1, 0.15) is 19.1 Å². The highest BCUT2D eigenvalue weighted by Crippen LogP contribution is 2.30. The molecule has 1 aromatic carbocycles. The number of benzene rings is 1. The van der Waals surface area contributed by atoms with Gasteiger partial charge in [0.2, 0.25) is 0 Å². The average Bonchev–Trinajstić information content (AvgIpc) is 3.19. The van der Waals surface area contributed by atoms with Gasteiger partial charge in [-0.2, -0.15) is 0 Å². The van der Waals surface area contributed by atoms with Gasteiger partial charge in [0.25, 0.3) is 0 Å². The van der Waals surface area contributed by atoms with E-state index in [1.54, 1.807) is 25.2 Å². The third-order valence-corrected chi connectivity index (χ3v) is 3.49. The van der Waals surface area contributed by atoms with Gasteiger partial charge in [-0.05, 0) is 31.2 Å². The molecule has 0 bridgehead atoms. The summed E-state index contributed by atoms with van der Waals surface area (Å²) in [6.45, 7) is 1.69. The average molecular weight is 328 g/mol. The first-order valence-electron chi connectivity index (χ1n) is 7.42. The van der Waals surface area contributed by atoms with Crippen molar-refractivity contribution in [2.45, 2.75) is 25.6 Å². The van der Waals surface area contributed by atoms with Crippen LogP contribution in [0, 0.1) is 0 Å². The molecule has 1 saturated heterocycles. The number of aliphatic hydroxyl groups excluding tert-OH is 1. The molecule has 1 fully saturated rings. The Morgan fingerprint density at radius 2 is 2.12 bits per heavy atom. The maximum atomic E-state index is 11.9. The molecule has 3 N–H and O–H groups in total. The van der Waals surface area contributed by atoms with Gasteiger partial charge in [0, 0.05) is 17.9 Å². The number of hydrogen-bond acceptors (Lipinski definition) is 6. The topological polar surface area (TPSA) is 103 Å². The van der Waals surface area contributed by atoms with Crippen molar-refractivity contribution >= 4 is 16.8 Å². The zero-order valence-electron chi connectivity index (χ0n) is 12.9.